The summed E-state index contributed by atoms with van der Waals surface area (Å²) in [5, 5.41) is 0. The van der Waals surface area contributed by atoms with E-state index in [0.29, 0.717) is 12.0 Å². The summed E-state index contributed by atoms with van der Waals surface area (Å²) in [4.78, 5) is 0.215. The first-order valence-corrected chi connectivity index (χ1v) is 9.89. The topological polar surface area (TPSA) is 68.3 Å². The van der Waals surface area contributed by atoms with Gasteiger partial charge < -0.3 is 0 Å². The summed E-state index contributed by atoms with van der Waals surface area (Å²) in [7, 11) is -6.85. The van der Waals surface area contributed by atoms with Gasteiger partial charge in [0.15, 0.2) is 19.7 Å². The lowest BCUT2D eigenvalue weighted by Crippen LogP contribution is -2.08. The first-order valence-electron chi connectivity index (χ1n) is 5.19. The van der Waals surface area contributed by atoms with Gasteiger partial charge in [-0.25, -0.2) is 16.8 Å². The van der Waals surface area contributed by atoms with Gasteiger partial charge >= 0.3 is 0 Å². The van der Waals surface area contributed by atoms with Gasteiger partial charge in [0.05, 0.1) is 9.79 Å². The Hall–Kier alpha value is -0.400. The van der Waals surface area contributed by atoms with Crippen LogP contribution in [0.3, 0.4) is 0 Å². The summed E-state index contributed by atoms with van der Waals surface area (Å²) in [6, 6.07) is 4.23. The molecule has 0 saturated heterocycles. The Bertz CT molecular complexity index is 646. The second-order valence-corrected chi connectivity index (χ2v) is 9.86. The first kappa shape index (κ1) is 15.7. The van der Waals surface area contributed by atoms with Gasteiger partial charge in [-0.05, 0) is 24.1 Å². The standard InChI is InChI=1S/C11H15BrO4S2/c1-8(12)6-9-4-5-10(17(2,13)14)7-11(9)18(3,15)16/h4-5,7-8H,6H2,1-3H3. The Morgan fingerprint density at radius 2 is 1.67 bits per heavy atom. The highest BCUT2D eigenvalue weighted by atomic mass is 79.9. The molecule has 0 N–H and O–H groups in total. The zero-order valence-corrected chi connectivity index (χ0v) is 13.6. The minimum atomic E-state index is -3.45. The minimum absolute atomic E-state index is 0.0221. The molecule has 0 aliphatic carbocycles. The van der Waals surface area contributed by atoms with Crippen LogP contribution in [0.4, 0.5) is 0 Å². The molecule has 1 atom stereocenters. The normalized spacial score (nSPS) is 14.4. The van der Waals surface area contributed by atoms with E-state index in [2.05, 4.69) is 15.9 Å². The summed E-state index contributed by atoms with van der Waals surface area (Å²) in [6.07, 6.45) is 2.66. The molecule has 0 aliphatic rings. The van der Waals surface area contributed by atoms with Crippen molar-refractivity contribution in [3.8, 4) is 0 Å². The van der Waals surface area contributed by atoms with Crippen LogP contribution >= 0.6 is 15.9 Å². The molecule has 0 spiro atoms. The maximum absolute atomic E-state index is 11.7. The molecule has 0 saturated carbocycles. The molecule has 0 amide bonds. The second-order valence-electron chi connectivity index (χ2n) is 4.30. The number of benzene rings is 1. The Morgan fingerprint density at radius 1 is 1.11 bits per heavy atom. The van der Waals surface area contributed by atoms with E-state index in [0.717, 1.165) is 12.5 Å². The largest absolute Gasteiger partial charge is 0.224 e. The van der Waals surface area contributed by atoms with Crippen molar-refractivity contribution in [1.29, 1.82) is 0 Å². The number of sulfone groups is 2. The molecule has 4 nitrogen and oxygen atoms in total. The van der Waals surface area contributed by atoms with Gasteiger partial charge in [-0.3, -0.25) is 0 Å². The van der Waals surface area contributed by atoms with Crippen molar-refractivity contribution < 1.29 is 16.8 Å². The highest BCUT2D eigenvalue weighted by molar-refractivity contribution is 9.09. The van der Waals surface area contributed by atoms with Gasteiger partial charge in [0.25, 0.3) is 0 Å². The molecular weight excluding hydrogens is 340 g/mol. The highest BCUT2D eigenvalue weighted by Gasteiger charge is 2.18. The van der Waals surface area contributed by atoms with Crippen molar-refractivity contribution in [2.45, 2.75) is 28.0 Å². The Kier molecular flexibility index (Phi) is 4.61. The third kappa shape index (κ3) is 4.07. The fraction of sp³-hybridized carbons (Fsp3) is 0.455. The van der Waals surface area contributed by atoms with E-state index in [9.17, 15) is 16.8 Å². The second kappa shape index (κ2) is 5.30. The van der Waals surface area contributed by atoms with Crippen LogP contribution in [0.1, 0.15) is 12.5 Å². The van der Waals surface area contributed by atoms with Crippen LogP contribution in [0.25, 0.3) is 0 Å². The molecule has 18 heavy (non-hydrogen) atoms. The van der Waals surface area contributed by atoms with Gasteiger partial charge in [0, 0.05) is 17.3 Å². The van der Waals surface area contributed by atoms with Crippen molar-refractivity contribution in [2.75, 3.05) is 12.5 Å². The molecule has 0 aliphatic heterocycles. The van der Waals surface area contributed by atoms with Crippen LogP contribution in [-0.2, 0) is 26.1 Å². The summed E-state index contributed by atoms with van der Waals surface area (Å²) in [5.74, 6) is 0. The SMILES string of the molecule is CC(Br)Cc1ccc(S(C)(=O)=O)cc1S(C)(=O)=O. The van der Waals surface area contributed by atoms with Crippen molar-refractivity contribution in [3.63, 3.8) is 0 Å². The monoisotopic (exact) mass is 354 g/mol. The molecule has 0 fully saturated rings. The first-order chi connectivity index (χ1) is 8.01. The van der Waals surface area contributed by atoms with E-state index in [4.69, 9.17) is 0 Å². The average Bonchev–Trinajstić information content (AvgIpc) is 2.13. The average molecular weight is 355 g/mol. The lowest BCUT2D eigenvalue weighted by atomic mass is 10.1. The van der Waals surface area contributed by atoms with Crippen LogP contribution in [0.15, 0.2) is 28.0 Å². The lowest BCUT2D eigenvalue weighted by Gasteiger charge is -2.11. The van der Waals surface area contributed by atoms with E-state index < -0.39 is 19.7 Å². The highest BCUT2D eigenvalue weighted by Crippen LogP contribution is 2.23. The molecule has 0 aromatic heterocycles. The summed E-state index contributed by atoms with van der Waals surface area (Å²) in [5.41, 5.74) is 0.620. The van der Waals surface area contributed by atoms with Crippen molar-refractivity contribution >= 4 is 35.6 Å². The van der Waals surface area contributed by atoms with Gasteiger partial charge in [-0.2, -0.15) is 0 Å². The number of hydrogen-bond acceptors (Lipinski definition) is 4. The number of rotatable bonds is 4. The van der Waals surface area contributed by atoms with Crippen LogP contribution in [-0.4, -0.2) is 34.2 Å². The smallest absolute Gasteiger partial charge is 0.175 e. The van der Waals surface area contributed by atoms with Crippen molar-refractivity contribution in [3.05, 3.63) is 23.8 Å². The fourth-order valence-electron chi connectivity index (χ4n) is 1.58. The summed E-state index contributed by atoms with van der Waals surface area (Å²) >= 11 is 3.36. The molecule has 0 heterocycles. The number of halogens is 1. The molecule has 1 rings (SSSR count). The molecule has 0 radical (unpaired) electrons. The molecular formula is C11H15BrO4S2. The molecule has 1 unspecified atom stereocenters. The third-order valence-electron chi connectivity index (χ3n) is 2.37. The fourth-order valence-corrected chi connectivity index (χ4v) is 3.62. The van der Waals surface area contributed by atoms with Crippen LogP contribution in [0.2, 0.25) is 0 Å². The molecule has 102 valence electrons. The van der Waals surface area contributed by atoms with Gasteiger partial charge in [-0.1, -0.05) is 28.9 Å². The van der Waals surface area contributed by atoms with E-state index in [1.807, 2.05) is 6.92 Å². The Morgan fingerprint density at radius 3 is 2.06 bits per heavy atom. The van der Waals surface area contributed by atoms with Crippen molar-refractivity contribution in [1.82, 2.24) is 0 Å². The Labute approximate surface area is 116 Å². The van der Waals surface area contributed by atoms with Gasteiger partial charge in [0.1, 0.15) is 0 Å². The predicted molar refractivity (Wildman–Crippen MR) is 74.8 cm³/mol. The summed E-state index contributed by atoms with van der Waals surface area (Å²) in [6.45, 7) is 1.90. The minimum Gasteiger partial charge on any atom is -0.224 e. The molecule has 1 aromatic carbocycles. The zero-order chi connectivity index (χ0) is 14.1. The van der Waals surface area contributed by atoms with Crippen LogP contribution in [0, 0.1) is 0 Å². The quantitative estimate of drug-likeness (QED) is 0.773. The lowest BCUT2D eigenvalue weighted by molar-refractivity contribution is 0.599. The molecule has 1 aromatic rings. The van der Waals surface area contributed by atoms with E-state index in [1.165, 1.54) is 12.1 Å². The maximum atomic E-state index is 11.7. The molecule has 0 bridgehead atoms. The van der Waals surface area contributed by atoms with Crippen molar-refractivity contribution in [2.24, 2.45) is 0 Å². The Balaban J connectivity index is 3.49. The van der Waals surface area contributed by atoms with E-state index in [-0.39, 0.29) is 14.6 Å². The van der Waals surface area contributed by atoms with E-state index in [1.54, 1.807) is 6.07 Å². The number of hydrogen-bond donors (Lipinski definition) is 0. The van der Waals surface area contributed by atoms with E-state index >= 15 is 0 Å². The predicted octanol–water partition coefficient (Wildman–Crippen LogP) is 1.82. The van der Waals surface area contributed by atoms with Gasteiger partial charge in [0.2, 0.25) is 0 Å². The van der Waals surface area contributed by atoms with Crippen LogP contribution < -0.4 is 0 Å². The molecule has 7 heteroatoms. The van der Waals surface area contributed by atoms with Gasteiger partial charge in [-0.15, -0.1) is 0 Å². The number of alkyl halides is 1. The van der Waals surface area contributed by atoms with Crippen LogP contribution in [0.5, 0.6) is 0 Å². The third-order valence-corrected chi connectivity index (χ3v) is 4.98. The zero-order valence-electron chi connectivity index (χ0n) is 10.3. The maximum Gasteiger partial charge on any atom is 0.175 e. The summed E-state index contributed by atoms with van der Waals surface area (Å²) < 4.78 is 46.3.